The number of rotatable bonds is 2. The van der Waals surface area contributed by atoms with Gasteiger partial charge in [0.2, 0.25) is 0 Å². The van der Waals surface area contributed by atoms with Crippen molar-refractivity contribution in [3.05, 3.63) is 54.1 Å². The van der Waals surface area contributed by atoms with Gasteiger partial charge in [-0.3, -0.25) is 0 Å². The summed E-state index contributed by atoms with van der Waals surface area (Å²) in [5.41, 5.74) is 1.57. The van der Waals surface area contributed by atoms with Crippen molar-refractivity contribution in [2.75, 3.05) is 7.11 Å². The van der Waals surface area contributed by atoms with Crippen LogP contribution in [0.25, 0.3) is 0 Å². The van der Waals surface area contributed by atoms with E-state index < -0.39 is 0 Å². The molecule has 1 aliphatic carbocycles. The van der Waals surface area contributed by atoms with Crippen LogP contribution in [0.5, 0.6) is 5.75 Å². The van der Waals surface area contributed by atoms with Gasteiger partial charge in [-0.15, -0.1) is 0 Å². The Balaban J connectivity index is 2.30. The molecular formula is C14H15NO2. The largest absolute Gasteiger partial charge is 0.497 e. The average molecular weight is 229 g/mol. The molecule has 0 amide bonds. The van der Waals surface area contributed by atoms with Crippen LogP contribution in [0.3, 0.4) is 0 Å². The molecule has 0 spiro atoms. The average Bonchev–Trinajstić information content (AvgIpc) is 2.40. The van der Waals surface area contributed by atoms with E-state index in [1.54, 1.807) is 7.11 Å². The molecule has 3 heteroatoms. The minimum absolute atomic E-state index is 0.166. The van der Waals surface area contributed by atoms with E-state index in [0.717, 1.165) is 5.75 Å². The smallest absolute Gasteiger partial charge is 0.118 e. The lowest BCUT2D eigenvalue weighted by Gasteiger charge is -2.25. The number of ether oxygens (including phenoxy) is 1. The Morgan fingerprint density at radius 1 is 1.12 bits per heavy atom. The van der Waals surface area contributed by atoms with Crippen molar-refractivity contribution in [2.45, 2.75) is 12.3 Å². The molecule has 17 heavy (non-hydrogen) atoms. The van der Waals surface area contributed by atoms with Gasteiger partial charge in [0.15, 0.2) is 0 Å². The lowest BCUT2D eigenvalue weighted by Crippen LogP contribution is -2.19. The number of methoxy groups -OCH3 is 1. The Morgan fingerprint density at radius 3 is 2.18 bits per heavy atom. The van der Waals surface area contributed by atoms with Crippen molar-refractivity contribution in [3.63, 3.8) is 0 Å². The first-order chi connectivity index (χ1) is 8.18. The second-order valence-corrected chi connectivity index (χ2v) is 4.20. The third-order valence-electron chi connectivity index (χ3n) is 3.03. The van der Waals surface area contributed by atoms with Crippen molar-refractivity contribution in [3.8, 4) is 5.75 Å². The highest BCUT2D eigenvalue weighted by Crippen LogP contribution is 2.30. The topological polar surface area (TPSA) is 41.8 Å². The van der Waals surface area contributed by atoms with E-state index in [2.05, 4.69) is 12.1 Å². The van der Waals surface area contributed by atoms with Gasteiger partial charge >= 0.3 is 0 Å². The van der Waals surface area contributed by atoms with Gasteiger partial charge in [0.1, 0.15) is 11.5 Å². The zero-order valence-electron chi connectivity index (χ0n) is 9.92. The maximum absolute atomic E-state index is 8.67. The van der Waals surface area contributed by atoms with E-state index in [0.29, 0.717) is 5.71 Å². The van der Waals surface area contributed by atoms with Crippen molar-refractivity contribution in [1.82, 2.24) is 0 Å². The van der Waals surface area contributed by atoms with E-state index in [9.17, 15) is 0 Å². The molecule has 0 fully saturated rings. The molecule has 88 valence electrons. The molecule has 0 saturated heterocycles. The fraction of sp³-hybridized carbons (Fsp3) is 0.214. The quantitative estimate of drug-likeness (QED) is 0.625. The Morgan fingerprint density at radius 2 is 1.71 bits per heavy atom. The van der Waals surface area contributed by atoms with Crippen LogP contribution in [0.15, 0.2) is 53.7 Å². The van der Waals surface area contributed by atoms with Gasteiger partial charge in [-0.1, -0.05) is 29.4 Å². The first-order valence-corrected chi connectivity index (χ1v) is 5.43. The lowest BCUT2D eigenvalue weighted by molar-refractivity contribution is 0.320. The molecule has 0 bridgehead atoms. The maximum atomic E-state index is 8.67. The number of hydrogen-bond donors (Lipinski definition) is 1. The maximum Gasteiger partial charge on any atom is 0.118 e. The Kier molecular flexibility index (Phi) is 3.00. The van der Waals surface area contributed by atoms with E-state index in [1.807, 2.05) is 48.6 Å². The summed E-state index contributed by atoms with van der Waals surface area (Å²) in [5.74, 6) is 0.846. The van der Waals surface area contributed by atoms with E-state index in [1.165, 1.54) is 5.56 Å². The summed E-state index contributed by atoms with van der Waals surface area (Å²) >= 11 is 0. The van der Waals surface area contributed by atoms with Gasteiger partial charge in [-0.2, -0.15) is 0 Å². The van der Waals surface area contributed by atoms with Crippen LogP contribution in [0.1, 0.15) is 12.5 Å². The van der Waals surface area contributed by atoms with Gasteiger partial charge < -0.3 is 9.94 Å². The number of nitrogens with zero attached hydrogens (tertiary/aromatic N) is 1. The zero-order chi connectivity index (χ0) is 12.3. The monoisotopic (exact) mass is 229 g/mol. The fourth-order valence-corrected chi connectivity index (χ4v) is 1.84. The predicted molar refractivity (Wildman–Crippen MR) is 67.8 cm³/mol. The van der Waals surface area contributed by atoms with Gasteiger partial charge in [-0.05, 0) is 36.8 Å². The van der Waals surface area contributed by atoms with E-state index in [4.69, 9.17) is 9.94 Å². The van der Waals surface area contributed by atoms with Crippen LogP contribution < -0.4 is 4.74 Å². The Labute approximate surface area is 101 Å². The number of allylic oxidation sites excluding steroid dienone is 4. The highest BCUT2D eigenvalue weighted by Gasteiger charge is 2.22. The van der Waals surface area contributed by atoms with Gasteiger partial charge in [0, 0.05) is 5.41 Å². The minimum atomic E-state index is -0.166. The Hall–Kier alpha value is -2.03. The Bertz CT molecular complexity index is 467. The van der Waals surface area contributed by atoms with Crippen molar-refractivity contribution >= 4 is 5.71 Å². The summed E-state index contributed by atoms with van der Waals surface area (Å²) in [6, 6.07) is 7.96. The van der Waals surface area contributed by atoms with Crippen molar-refractivity contribution in [2.24, 2.45) is 5.16 Å². The summed E-state index contributed by atoms with van der Waals surface area (Å²) < 4.78 is 5.14. The van der Waals surface area contributed by atoms with Crippen LogP contribution in [-0.4, -0.2) is 18.0 Å². The standard InChI is InChI=1S/C14H15NO2/c1-14(9-7-12(15-16)8-10-14)11-3-5-13(17-2)6-4-11/h3-10,16H,1-2H3. The molecular weight excluding hydrogens is 214 g/mol. The molecule has 3 nitrogen and oxygen atoms in total. The van der Waals surface area contributed by atoms with E-state index in [-0.39, 0.29) is 5.41 Å². The zero-order valence-corrected chi connectivity index (χ0v) is 9.92. The van der Waals surface area contributed by atoms with Crippen LogP contribution in [0.2, 0.25) is 0 Å². The second kappa shape index (κ2) is 4.45. The fourth-order valence-electron chi connectivity index (χ4n) is 1.84. The lowest BCUT2D eigenvalue weighted by atomic mass is 9.79. The summed E-state index contributed by atoms with van der Waals surface area (Å²) in [6.45, 7) is 2.11. The molecule has 1 aromatic rings. The van der Waals surface area contributed by atoms with Crippen LogP contribution in [-0.2, 0) is 5.41 Å². The van der Waals surface area contributed by atoms with Gasteiger partial charge in [0.25, 0.3) is 0 Å². The molecule has 1 N–H and O–H groups in total. The molecule has 0 atom stereocenters. The third kappa shape index (κ3) is 2.23. The summed E-state index contributed by atoms with van der Waals surface area (Å²) in [5, 5.41) is 11.8. The van der Waals surface area contributed by atoms with Crippen LogP contribution in [0.4, 0.5) is 0 Å². The van der Waals surface area contributed by atoms with E-state index >= 15 is 0 Å². The molecule has 0 aromatic heterocycles. The number of hydrogen-bond acceptors (Lipinski definition) is 3. The minimum Gasteiger partial charge on any atom is -0.497 e. The number of oxime groups is 1. The normalized spacial score (nSPS) is 22.6. The predicted octanol–water partition coefficient (Wildman–Crippen LogP) is 2.91. The second-order valence-electron chi connectivity index (χ2n) is 4.20. The van der Waals surface area contributed by atoms with Crippen LogP contribution in [0, 0.1) is 0 Å². The molecule has 0 heterocycles. The first-order valence-electron chi connectivity index (χ1n) is 5.43. The molecule has 2 rings (SSSR count). The van der Waals surface area contributed by atoms with Crippen molar-refractivity contribution < 1.29 is 9.94 Å². The van der Waals surface area contributed by atoms with Crippen LogP contribution >= 0.6 is 0 Å². The highest BCUT2D eigenvalue weighted by atomic mass is 16.5. The SMILES string of the molecule is COc1ccc(C2(C)C=CC(=NO)C=C2)cc1. The van der Waals surface area contributed by atoms with Gasteiger partial charge in [0.05, 0.1) is 7.11 Å². The third-order valence-corrected chi connectivity index (χ3v) is 3.03. The molecule has 1 aliphatic rings. The summed E-state index contributed by atoms with van der Waals surface area (Å²) in [4.78, 5) is 0. The first kappa shape index (κ1) is 11.5. The number of benzene rings is 1. The molecule has 0 unspecified atom stereocenters. The molecule has 0 aliphatic heterocycles. The molecule has 0 saturated carbocycles. The van der Waals surface area contributed by atoms with Crippen molar-refractivity contribution in [1.29, 1.82) is 0 Å². The molecule has 0 radical (unpaired) electrons. The summed E-state index contributed by atoms with van der Waals surface area (Å²) in [7, 11) is 1.65. The molecule has 1 aromatic carbocycles. The van der Waals surface area contributed by atoms with Gasteiger partial charge in [-0.25, -0.2) is 0 Å². The highest BCUT2D eigenvalue weighted by molar-refractivity contribution is 6.04. The summed E-state index contributed by atoms with van der Waals surface area (Å²) in [6.07, 6.45) is 7.65.